The number of ether oxygens (including phenoxy) is 1. The van der Waals surface area contributed by atoms with Crippen LogP contribution >= 0.6 is 0 Å². The van der Waals surface area contributed by atoms with Crippen molar-refractivity contribution in [2.75, 3.05) is 13.7 Å². The Morgan fingerprint density at radius 1 is 0.886 bits per heavy atom. The lowest BCUT2D eigenvalue weighted by Gasteiger charge is -2.36. The maximum Gasteiger partial charge on any atom is 0.414 e. The highest BCUT2D eigenvalue weighted by atomic mass is 16.5. The molecule has 0 spiro atoms. The normalized spacial score (nSPS) is 17.2. The molecule has 3 aromatic rings. The third kappa shape index (κ3) is 7.95. The van der Waals surface area contributed by atoms with E-state index in [-0.39, 0.29) is 0 Å². The Kier molecular flexibility index (Phi) is 9.83. The van der Waals surface area contributed by atoms with Gasteiger partial charge in [0.05, 0.1) is 7.11 Å². The molecule has 7 heteroatoms. The summed E-state index contributed by atoms with van der Waals surface area (Å²) in [7, 11) is 1.70. The maximum atomic E-state index is 9.10. The van der Waals surface area contributed by atoms with Crippen LogP contribution in [0.4, 0.5) is 0 Å². The Morgan fingerprint density at radius 3 is 1.86 bits per heavy atom. The van der Waals surface area contributed by atoms with Crippen molar-refractivity contribution in [1.82, 2.24) is 10.6 Å². The van der Waals surface area contributed by atoms with Gasteiger partial charge in [-0.1, -0.05) is 72.8 Å². The second-order valence-corrected chi connectivity index (χ2v) is 8.43. The molecule has 0 aromatic heterocycles. The maximum absolute atomic E-state index is 9.10. The zero-order valence-electron chi connectivity index (χ0n) is 19.8. The number of carboxylic acid groups (broad SMARTS) is 2. The number of aliphatic carboxylic acids is 2. The van der Waals surface area contributed by atoms with Gasteiger partial charge in [0, 0.05) is 31.1 Å². The number of piperidine rings is 1. The number of methoxy groups -OCH3 is 1. The molecule has 1 aliphatic rings. The van der Waals surface area contributed by atoms with Crippen LogP contribution in [-0.2, 0) is 16.1 Å². The Balaban J connectivity index is 0.000000509. The zero-order chi connectivity index (χ0) is 25.0. The monoisotopic (exact) mass is 476 g/mol. The minimum Gasteiger partial charge on any atom is -0.497 e. The highest BCUT2D eigenvalue weighted by Crippen LogP contribution is 2.31. The summed E-state index contributed by atoms with van der Waals surface area (Å²) >= 11 is 0. The van der Waals surface area contributed by atoms with E-state index in [1.165, 1.54) is 23.1 Å². The lowest BCUT2D eigenvalue weighted by Crippen LogP contribution is -2.49. The van der Waals surface area contributed by atoms with Crippen LogP contribution in [0.2, 0.25) is 0 Å². The van der Waals surface area contributed by atoms with Crippen molar-refractivity contribution in [2.45, 2.75) is 37.4 Å². The van der Waals surface area contributed by atoms with Crippen molar-refractivity contribution in [3.8, 4) is 5.75 Å². The third-order valence-corrected chi connectivity index (χ3v) is 6.11. The standard InChI is InChI=1S/C26H30N2O.C2H2O4/c1-29-24-15-12-20(13-16-24)18-27-23-14-17-25(28-19-23)26(21-8-4-2-5-9-21)22-10-6-3-7-11-22;3-1(4)2(5)6/h2-13,15-16,23,25-28H,14,17-19H2,1H3;(H,3,4)(H,5,6)/t23-,25-;/m1./s1. The molecule has 0 aliphatic carbocycles. The van der Waals surface area contributed by atoms with Crippen LogP contribution in [0.1, 0.15) is 35.4 Å². The molecule has 3 aromatic carbocycles. The predicted molar refractivity (Wildman–Crippen MR) is 135 cm³/mol. The van der Waals surface area contributed by atoms with Gasteiger partial charge in [0.15, 0.2) is 0 Å². The molecule has 35 heavy (non-hydrogen) atoms. The van der Waals surface area contributed by atoms with Crippen LogP contribution in [0.25, 0.3) is 0 Å². The second kappa shape index (κ2) is 13.3. The molecule has 0 radical (unpaired) electrons. The number of benzene rings is 3. The fourth-order valence-electron chi connectivity index (χ4n) is 4.32. The Bertz CT molecular complexity index is 998. The molecule has 4 N–H and O–H groups in total. The van der Waals surface area contributed by atoms with Crippen LogP contribution in [0.15, 0.2) is 84.9 Å². The predicted octanol–water partition coefficient (Wildman–Crippen LogP) is 3.89. The van der Waals surface area contributed by atoms with Crippen LogP contribution in [0.3, 0.4) is 0 Å². The van der Waals surface area contributed by atoms with Gasteiger partial charge in [-0.25, -0.2) is 9.59 Å². The first kappa shape index (κ1) is 25.9. The van der Waals surface area contributed by atoms with Crippen LogP contribution in [0.5, 0.6) is 5.75 Å². The fraction of sp³-hybridized carbons (Fsp3) is 0.286. The van der Waals surface area contributed by atoms with E-state index >= 15 is 0 Å². The number of hydrogen-bond donors (Lipinski definition) is 4. The highest BCUT2D eigenvalue weighted by molar-refractivity contribution is 6.27. The second-order valence-electron chi connectivity index (χ2n) is 8.43. The summed E-state index contributed by atoms with van der Waals surface area (Å²) in [5.41, 5.74) is 4.07. The molecule has 2 atom stereocenters. The largest absolute Gasteiger partial charge is 0.497 e. The van der Waals surface area contributed by atoms with Gasteiger partial charge in [-0.3, -0.25) is 0 Å². The van der Waals surface area contributed by atoms with E-state index < -0.39 is 11.9 Å². The first-order valence-electron chi connectivity index (χ1n) is 11.6. The van der Waals surface area contributed by atoms with E-state index in [2.05, 4.69) is 83.4 Å². The molecule has 0 bridgehead atoms. The summed E-state index contributed by atoms with van der Waals surface area (Å²) < 4.78 is 5.24. The first-order valence-corrected chi connectivity index (χ1v) is 11.6. The Labute approximate surface area is 205 Å². The van der Waals surface area contributed by atoms with Crippen molar-refractivity contribution in [3.05, 3.63) is 102 Å². The molecule has 0 saturated carbocycles. The number of rotatable bonds is 7. The highest BCUT2D eigenvalue weighted by Gasteiger charge is 2.29. The van der Waals surface area contributed by atoms with E-state index in [1.54, 1.807) is 7.11 Å². The summed E-state index contributed by atoms with van der Waals surface area (Å²) in [5.74, 6) is -2.35. The average molecular weight is 477 g/mol. The molecule has 4 rings (SSSR count). The number of carboxylic acids is 2. The molecule has 1 heterocycles. The third-order valence-electron chi connectivity index (χ3n) is 6.11. The van der Waals surface area contributed by atoms with Crippen molar-refractivity contribution in [3.63, 3.8) is 0 Å². The number of hydrogen-bond acceptors (Lipinski definition) is 5. The van der Waals surface area contributed by atoms with E-state index in [1.807, 2.05) is 12.1 Å². The van der Waals surface area contributed by atoms with Crippen LogP contribution < -0.4 is 15.4 Å². The van der Waals surface area contributed by atoms with Gasteiger partial charge < -0.3 is 25.6 Å². The molecule has 0 amide bonds. The van der Waals surface area contributed by atoms with Gasteiger partial charge in [0.2, 0.25) is 0 Å². The first-order chi connectivity index (χ1) is 17.0. The molecular formula is C28H32N2O5. The van der Waals surface area contributed by atoms with Crippen molar-refractivity contribution < 1.29 is 24.5 Å². The van der Waals surface area contributed by atoms with Crippen LogP contribution in [-0.4, -0.2) is 47.9 Å². The zero-order valence-corrected chi connectivity index (χ0v) is 19.8. The summed E-state index contributed by atoms with van der Waals surface area (Å²) in [4.78, 5) is 18.2. The van der Waals surface area contributed by atoms with E-state index in [0.717, 1.165) is 25.3 Å². The van der Waals surface area contributed by atoms with E-state index in [4.69, 9.17) is 24.5 Å². The molecule has 184 valence electrons. The van der Waals surface area contributed by atoms with Gasteiger partial charge in [0.1, 0.15) is 5.75 Å². The van der Waals surface area contributed by atoms with Crippen molar-refractivity contribution in [2.24, 2.45) is 0 Å². The summed E-state index contributed by atoms with van der Waals surface area (Å²) in [6.45, 7) is 1.89. The molecule has 1 aliphatic heterocycles. The number of carbonyl (C=O) groups is 2. The van der Waals surface area contributed by atoms with Crippen molar-refractivity contribution >= 4 is 11.9 Å². The van der Waals surface area contributed by atoms with E-state index in [0.29, 0.717) is 18.0 Å². The smallest absolute Gasteiger partial charge is 0.414 e. The molecular weight excluding hydrogens is 444 g/mol. The Morgan fingerprint density at radius 2 is 1.43 bits per heavy atom. The lowest BCUT2D eigenvalue weighted by molar-refractivity contribution is -0.159. The average Bonchev–Trinajstić information content (AvgIpc) is 2.90. The molecule has 0 unspecified atom stereocenters. The quantitative estimate of drug-likeness (QED) is 0.383. The van der Waals surface area contributed by atoms with Gasteiger partial charge in [-0.2, -0.15) is 0 Å². The lowest BCUT2D eigenvalue weighted by atomic mass is 9.81. The summed E-state index contributed by atoms with van der Waals surface area (Å²) in [5, 5.41) is 22.3. The van der Waals surface area contributed by atoms with E-state index in [9.17, 15) is 0 Å². The fourth-order valence-corrected chi connectivity index (χ4v) is 4.32. The minimum atomic E-state index is -1.82. The van der Waals surface area contributed by atoms with Gasteiger partial charge in [-0.15, -0.1) is 0 Å². The summed E-state index contributed by atoms with van der Waals surface area (Å²) in [6.07, 6.45) is 2.35. The number of nitrogens with one attached hydrogen (secondary N) is 2. The Hall–Kier alpha value is -3.68. The molecule has 1 saturated heterocycles. The topological polar surface area (TPSA) is 108 Å². The van der Waals surface area contributed by atoms with Crippen molar-refractivity contribution in [1.29, 1.82) is 0 Å². The van der Waals surface area contributed by atoms with Gasteiger partial charge in [0.25, 0.3) is 0 Å². The van der Waals surface area contributed by atoms with Gasteiger partial charge in [-0.05, 0) is 41.7 Å². The SMILES string of the molecule is COc1ccc(CN[C@@H]2CC[C@H](C(c3ccccc3)c3ccccc3)NC2)cc1.O=C(O)C(=O)O. The van der Waals surface area contributed by atoms with Crippen LogP contribution in [0, 0.1) is 0 Å². The molecule has 7 nitrogen and oxygen atoms in total. The minimum absolute atomic E-state index is 0.389. The summed E-state index contributed by atoms with van der Waals surface area (Å²) in [6, 6.07) is 31.1. The van der Waals surface area contributed by atoms with Gasteiger partial charge >= 0.3 is 11.9 Å². The molecule has 1 fully saturated rings.